The Kier molecular flexibility index (Phi) is 7.42. The maximum atomic E-state index is 5.81. The summed E-state index contributed by atoms with van der Waals surface area (Å²) in [6.07, 6.45) is 0. The number of benzene rings is 5. The van der Waals surface area contributed by atoms with Gasteiger partial charge >= 0.3 is 0 Å². The van der Waals surface area contributed by atoms with Crippen LogP contribution in [0.5, 0.6) is 0 Å². The Bertz CT molecular complexity index is 1410. The van der Waals surface area contributed by atoms with Gasteiger partial charge < -0.3 is 0 Å². The van der Waals surface area contributed by atoms with Crippen molar-refractivity contribution in [2.45, 2.75) is 26.3 Å². The van der Waals surface area contributed by atoms with Gasteiger partial charge in [0.25, 0.3) is 0 Å². The fourth-order valence-corrected chi connectivity index (χ4v) is 13.2. The predicted molar refractivity (Wildman–Crippen MR) is 166 cm³/mol. The Labute approximate surface area is 223 Å². The van der Waals surface area contributed by atoms with E-state index in [0.717, 1.165) is 0 Å². The lowest BCUT2D eigenvalue weighted by Gasteiger charge is -2.34. The molecule has 37 heavy (non-hydrogen) atoms. The highest BCUT2D eigenvalue weighted by atomic mass is 31.2. The second-order valence-corrected chi connectivity index (χ2v) is 16.2. The summed E-state index contributed by atoms with van der Waals surface area (Å²) < 4.78 is 5.81. The van der Waals surface area contributed by atoms with Gasteiger partial charge in [-0.05, 0) is 31.3 Å². The van der Waals surface area contributed by atoms with Crippen LogP contribution in [0.4, 0.5) is 0 Å². The summed E-state index contributed by atoms with van der Waals surface area (Å²) in [6, 6.07) is 53.4. The molecular formula is C34H34NPSi. The smallest absolute Gasteiger partial charge is 0.133 e. The van der Waals surface area contributed by atoms with E-state index in [-0.39, 0.29) is 5.54 Å². The third kappa shape index (κ3) is 5.32. The van der Waals surface area contributed by atoms with Crippen LogP contribution >= 0.6 is 7.05 Å². The molecule has 0 saturated heterocycles. The summed E-state index contributed by atoms with van der Waals surface area (Å²) in [7, 11) is -4.14. The first-order chi connectivity index (χ1) is 18.0. The molecule has 0 fully saturated rings. The summed E-state index contributed by atoms with van der Waals surface area (Å²) >= 11 is 0. The van der Waals surface area contributed by atoms with Gasteiger partial charge in [0.15, 0.2) is 0 Å². The topological polar surface area (TPSA) is 12.4 Å². The average molecular weight is 516 g/mol. The van der Waals surface area contributed by atoms with Crippen LogP contribution in [-0.4, -0.2) is 14.3 Å². The van der Waals surface area contributed by atoms with E-state index in [1.165, 1.54) is 31.5 Å². The molecule has 0 amide bonds. The molecule has 0 aliphatic heterocycles. The van der Waals surface area contributed by atoms with Gasteiger partial charge in [-0.3, -0.25) is 4.74 Å². The quantitative estimate of drug-likeness (QED) is 0.167. The van der Waals surface area contributed by atoms with E-state index in [1.54, 1.807) is 0 Å². The van der Waals surface area contributed by atoms with Crippen molar-refractivity contribution < 1.29 is 0 Å². The van der Waals surface area contributed by atoms with Crippen molar-refractivity contribution in [2.75, 3.05) is 0 Å². The molecule has 0 atom stereocenters. The average Bonchev–Trinajstić information content (AvgIpc) is 2.94. The van der Waals surface area contributed by atoms with Gasteiger partial charge in [-0.25, -0.2) is 0 Å². The molecular weight excluding hydrogens is 481 g/mol. The Morgan fingerprint density at radius 3 is 1.30 bits per heavy atom. The van der Waals surface area contributed by atoms with Crippen molar-refractivity contribution in [1.82, 2.24) is 0 Å². The van der Waals surface area contributed by atoms with Gasteiger partial charge in [-0.2, -0.15) is 0 Å². The van der Waals surface area contributed by atoms with Gasteiger partial charge in [0.2, 0.25) is 0 Å². The third-order valence-electron chi connectivity index (χ3n) is 6.57. The maximum absolute atomic E-state index is 5.81. The van der Waals surface area contributed by atoms with Crippen molar-refractivity contribution in [2.24, 2.45) is 4.74 Å². The second-order valence-electron chi connectivity index (χ2n) is 10.4. The number of hydrogen-bond donors (Lipinski definition) is 0. The fraction of sp³-hybridized carbons (Fsp3) is 0.118. The summed E-state index contributed by atoms with van der Waals surface area (Å²) in [5, 5.41) is 8.29. The summed E-state index contributed by atoms with van der Waals surface area (Å²) in [4.78, 5) is 0. The van der Waals surface area contributed by atoms with Crippen LogP contribution < -0.4 is 31.5 Å². The number of nitrogens with zero attached hydrogens (tertiary/aromatic N) is 1. The molecule has 0 heterocycles. The zero-order valence-electron chi connectivity index (χ0n) is 21.8. The van der Waals surface area contributed by atoms with Crippen LogP contribution in [0, 0.1) is 0 Å². The van der Waals surface area contributed by atoms with Gasteiger partial charge in [0.05, 0.1) is 12.6 Å². The molecule has 3 heteroatoms. The Hall–Kier alpha value is -3.45. The van der Waals surface area contributed by atoms with Crippen molar-refractivity contribution in [3.8, 4) is 0 Å². The minimum absolute atomic E-state index is 0.219. The second kappa shape index (κ2) is 10.9. The van der Waals surface area contributed by atoms with Crippen LogP contribution in [-0.2, 0) is 0 Å². The number of hydrogen-bond acceptors (Lipinski definition) is 1. The van der Waals surface area contributed by atoms with Crippen LogP contribution in [0.15, 0.2) is 150 Å². The summed E-state index contributed by atoms with van der Waals surface area (Å²) in [6.45, 7) is 6.71. The summed E-state index contributed by atoms with van der Waals surface area (Å²) in [5.74, 6) is 0. The molecule has 0 saturated carbocycles. The molecule has 0 spiro atoms. The maximum Gasteiger partial charge on any atom is 0.133 e. The van der Waals surface area contributed by atoms with Crippen molar-refractivity contribution in [1.29, 1.82) is 0 Å². The lowest BCUT2D eigenvalue weighted by molar-refractivity contribution is 0.591. The molecule has 0 aliphatic carbocycles. The monoisotopic (exact) mass is 515 g/mol. The summed E-state index contributed by atoms with van der Waals surface area (Å²) in [5.41, 5.74) is -0.219. The zero-order chi connectivity index (χ0) is 25.7. The highest BCUT2D eigenvalue weighted by Crippen LogP contribution is 2.48. The van der Waals surface area contributed by atoms with E-state index >= 15 is 0 Å². The molecule has 1 nitrogen and oxygen atoms in total. The van der Waals surface area contributed by atoms with Gasteiger partial charge in [-0.15, -0.1) is 0 Å². The molecule has 184 valence electrons. The third-order valence-corrected chi connectivity index (χ3v) is 14.1. The van der Waals surface area contributed by atoms with E-state index in [0.29, 0.717) is 0 Å². The molecule has 5 rings (SSSR count). The van der Waals surface area contributed by atoms with E-state index in [9.17, 15) is 0 Å². The van der Waals surface area contributed by atoms with Crippen molar-refractivity contribution in [3.05, 3.63) is 146 Å². The van der Waals surface area contributed by atoms with E-state index in [2.05, 4.69) is 166 Å². The molecule has 0 aliphatic rings. The van der Waals surface area contributed by atoms with Gasteiger partial charge in [0.1, 0.15) is 8.80 Å². The standard InChI is InChI=1S/C34H34NPSi/c1-34(2,3)35-36(28-18-8-4-9-19-28,29-20-10-5-11-21-29)32-26-16-17-27-33(32)37(30-22-12-6-13-23-30)31-24-14-7-15-25-31/h4-27,37H,1-3H3. The zero-order valence-corrected chi connectivity index (χ0v) is 23.9. The first-order valence-corrected chi connectivity index (χ1v) is 16.4. The predicted octanol–water partition coefficient (Wildman–Crippen LogP) is 5.21. The van der Waals surface area contributed by atoms with Crippen LogP contribution in [0.25, 0.3) is 0 Å². The Morgan fingerprint density at radius 2 is 0.865 bits per heavy atom. The molecule has 5 aromatic rings. The Morgan fingerprint density at radius 1 is 0.486 bits per heavy atom. The van der Waals surface area contributed by atoms with Crippen LogP contribution in [0.3, 0.4) is 0 Å². The van der Waals surface area contributed by atoms with Crippen molar-refractivity contribution in [3.63, 3.8) is 0 Å². The highest BCUT2D eigenvalue weighted by molar-refractivity contribution is 7.87. The van der Waals surface area contributed by atoms with E-state index < -0.39 is 15.9 Å². The largest absolute Gasteiger partial charge is 0.284 e. The Balaban J connectivity index is 1.92. The van der Waals surface area contributed by atoms with Crippen LogP contribution in [0.1, 0.15) is 20.8 Å². The molecule has 0 unspecified atom stereocenters. The van der Waals surface area contributed by atoms with Gasteiger partial charge in [0, 0.05) is 10.6 Å². The lowest BCUT2D eigenvalue weighted by Crippen LogP contribution is -2.57. The molecule has 0 bridgehead atoms. The minimum atomic E-state index is -2.35. The normalized spacial score (nSPS) is 11.9. The van der Waals surface area contributed by atoms with E-state index in [4.69, 9.17) is 4.74 Å². The van der Waals surface area contributed by atoms with Gasteiger partial charge in [-0.1, -0.05) is 156 Å². The minimum Gasteiger partial charge on any atom is -0.284 e. The highest BCUT2D eigenvalue weighted by Gasteiger charge is 2.34. The van der Waals surface area contributed by atoms with Crippen molar-refractivity contribution >= 4 is 47.3 Å². The SMILES string of the molecule is CC(C)(C)N=P(c1ccccc1)(c1ccccc1)c1ccccc1[SiH](c1ccccc1)c1ccccc1. The lowest BCUT2D eigenvalue weighted by atomic mass is 10.1. The molecule has 0 aromatic heterocycles. The number of rotatable bonds is 6. The van der Waals surface area contributed by atoms with Crippen LogP contribution in [0.2, 0.25) is 0 Å². The molecule has 5 aromatic carbocycles. The van der Waals surface area contributed by atoms with E-state index in [1.807, 2.05) is 0 Å². The molecule has 0 radical (unpaired) electrons. The first kappa shape index (κ1) is 25.2. The fourth-order valence-electron chi connectivity index (χ4n) is 5.20. The molecule has 0 N–H and O–H groups in total. The first-order valence-electron chi connectivity index (χ1n) is 12.9.